The van der Waals surface area contributed by atoms with Crippen molar-refractivity contribution in [1.29, 1.82) is 0 Å². The van der Waals surface area contributed by atoms with Crippen LogP contribution in [0.5, 0.6) is 0 Å². The first-order valence-electron chi connectivity index (χ1n) is 6.39. The molecular weight excluding hydrogens is 247 g/mol. The number of aliphatic carboxylic acids is 1. The van der Waals surface area contributed by atoms with Gasteiger partial charge in [0.15, 0.2) is 0 Å². The second-order valence-corrected chi connectivity index (χ2v) is 5.50. The summed E-state index contributed by atoms with van der Waals surface area (Å²) >= 11 is 0. The van der Waals surface area contributed by atoms with E-state index in [-0.39, 0.29) is 0 Å². The Bertz CT molecular complexity index is 297. The quantitative estimate of drug-likeness (QED) is 0.769. The monoisotopic (exact) mass is 265 g/mol. The number of alkyl halides is 3. The van der Waals surface area contributed by atoms with Crippen LogP contribution in [-0.2, 0) is 4.79 Å². The fourth-order valence-corrected chi connectivity index (χ4v) is 2.21. The van der Waals surface area contributed by atoms with Crippen LogP contribution in [0.25, 0.3) is 0 Å². The highest BCUT2D eigenvalue weighted by atomic mass is 19.4. The maximum atomic E-state index is 13.0. The minimum atomic E-state index is -4.46. The molecule has 2 aliphatic rings. The molecule has 6 heteroatoms. The third-order valence-corrected chi connectivity index (χ3v) is 3.57. The lowest BCUT2D eigenvalue weighted by Crippen LogP contribution is -2.48. The number of halogens is 3. The summed E-state index contributed by atoms with van der Waals surface area (Å²) in [6.07, 6.45) is -1.42. The van der Waals surface area contributed by atoms with Gasteiger partial charge in [-0.1, -0.05) is 0 Å². The molecule has 3 nitrogen and oxygen atoms in total. The van der Waals surface area contributed by atoms with Gasteiger partial charge in [-0.3, -0.25) is 9.69 Å². The number of carboxylic acid groups (broad SMARTS) is 1. The fraction of sp³-hybridized carbons (Fsp3) is 0.917. The van der Waals surface area contributed by atoms with Crippen molar-refractivity contribution < 1.29 is 23.1 Å². The molecule has 1 atom stereocenters. The Labute approximate surface area is 104 Å². The van der Waals surface area contributed by atoms with Crippen LogP contribution in [0.4, 0.5) is 13.2 Å². The molecule has 0 aromatic rings. The van der Waals surface area contributed by atoms with Gasteiger partial charge in [0.1, 0.15) is 6.04 Å². The third-order valence-electron chi connectivity index (χ3n) is 3.57. The van der Waals surface area contributed by atoms with Crippen molar-refractivity contribution in [1.82, 2.24) is 4.90 Å². The van der Waals surface area contributed by atoms with Crippen molar-refractivity contribution in [2.75, 3.05) is 13.1 Å². The van der Waals surface area contributed by atoms with Gasteiger partial charge in [-0.2, -0.15) is 13.2 Å². The van der Waals surface area contributed by atoms with Crippen LogP contribution in [0.2, 0.25) is 0 Å². The maximum Gasteiger partial charge on any atom is 0.404 e. The zero-order valence-corrected chi connectivity index (χ0v) is 10.1. The van der Waals surface area contributed by atoms with Gasteiger partial charge >= 0.3 is 12.1 Å². The van der Waals surface area contributed by atoms with Crippen molar-refractivity contribution in [3.05, 3.63) is 0 Å². The minimum Gasteiger partial charge on any atom is -0.481 e. The van der Waals surface area contributed by atoms with E-state index in [0.717, 1.165) is 25.7 Å². The number of rotatable bonds is 7. The number of carboxylic acids is 1. The van der Waals surface area contributed by atoms with Gasteiger partial charge in [-0.05, 0) is 37.5 Å². The summed E-state index contributed by atoms with van der Waals surface area (Å²) in [6.45, 7) is 0.794. The van der Waals surface area contributed by atoms with E-state index >= 15 is 0 Å². The van der Waals surface area contributed by atoms with Gasteiger partial charge in [-0.25, -0.2) is 0 Å². The van der Waals surface area contributed by atoms with Crippen molar-refractivity contribution in [2.24, 2.45) is 11.8 Å². The van der Waals surface area contributed by atoms with Crippen LogP contribution in [0.1, 0.15) is 32.1 Å². The van der Waals surface area contributed by atoms with Crippen LogP contribution >= 0.6 is 0 Å². The van der Waals surface area contributed by atoms with Crippen molar-refractivity contribution in [3.8, 4) is 0 Å². The summed E-state index contributed by atoms with van der Waals surface area (Å²) < 4.78 is 38.9. The highest BCUT2D eigenvalue weighted by Gasteiger charge is 2.47. The summed E-state index contributed by atoms with van der Waals surface area (Å²) in [7, 11) is 0. The Kier molecular flexibility index (Phi) is 3.84. The lowest BCUT2D eigenvalue weighted by molar-refractivity contribution is -0.191. The van der Waals surface area contributed by atoms with Crippen LogP contribution in [0.15, 0.2) is 0 Å². The summed E-state index contributed by atoms with van der Waals surface area (Å²) in [5.41, 5.74) is 0. The molecule has 0 radical (unpaired) electrons. The standard InChI is InChI=1S/C12H18F3NO2/c13-12(14,15)10(5-11(17)18)16(6-8-1-2-8)7-9-3-4-9/h8-10H,1-7H2,(H,17,18). The molecule has 1 unspecified atom stereocenters. The predicted molar refractivity (Wildman–Crippen MR) is 59.1 cm³/mol. The van der Waals surface area contributed by atoms with E-state index in [4.69, 9.17) is 5.11 Å². The van der Waals surface area contributed by atoms with Gasteiger partial charge in [-0.15, -0.1) is 0 Å². The fourth-order valence-electron chi connectivity index (χ4n) is 2.21. The van der Waals surface area contributed by atoms with Gasteiger partial charge in [0.25, 0.3) is 0 Å². The molecule has 18 heavy (non-hydrogen) atoms. The molecular formula is C12H18F3NO2. The normalized spacial score (nSPS) is 22.2. The molecule has 0 aromatic carbocycles. The first kappa shape index (κ1) is 13.6. The number of hydrogen-bond acceptors (Lipinski definition) is 2. The minimum absolute atomic E-state index is 0.336. The first-order chi connectivity index (χ1) is 8.36. The Morgan fingerprint density at radius 3 is 1.89 bits per heavy atom. The van der Waals surface area contributed by atoms with Gasteiger partial charge in [0.05, 0.1) is 6.42 Å². The molecule has 2 aliphatic carbocycles. The molecule has 0 heterocycles. The lowest BCUT2D eigenvalue weighted by Gasteiger charge is -2.32. The van der Waals surface area contributed by atoms with E-state index in [2.05, 4.69) is 0 Å². The summed E-state index contributed by atoms with van der Waals surface area (Å²) in [5.74, 6) is -0.710. The van der Waals surface area contributed by atoms with E-state index < -0.39 is 24.6 Å². The number of carbonyl (C=O) groups is 1. The van der Waals surface area contributed by atoms with Gasteiger partial charge in [0.2, 0.25) is 0 Å². The smallest absolute Gasteiger partial charge is 0.404 e. The second kappa shape index (κ2) is 5.07. The SMILES string of the molecule is O=C(O)CC(N(CC1CC1)CC1CC1)C(F)(F)F. The van der Waals surface area contributed by atoms with Crippen LogP contribution in [0, 0.1) is 11.8 Å². The lowest BCUT2D eigenvalue weighted by atomic mass is 10.1. The maximum absolute atomic E-state index is 13.0. The predicted octanol–water partition coefficient (Wildman–Crippen LogP) is 2.51. The molecule has 2 fully saturated rings. The summed E-state index contributed by atoms with van der Waals surface area (Å²) in [4.78, 5) is 12.0. The largest absolute Gasteiger partial charge is 0.481 e. The third kappa shape index (κ3) is 4.15. The van der Waals surface area contributed by atoms with Crippen LogP contribution in [-0.4, -0.2) is 41.3 Å². The molecule has 2 saturated carbocycles. The zero-order chi connectivity index (χ0) is 13.3. The molecule has 0 amide bonds. The summed E-state index contributed by atoms with van der Waals surface area (Å²) in [6, 6.07) is -1.82. The average molecular weight is 265 g/mol. The highest BCUT2D eigenvalue weighted by molar-refractivity contribution is 5.67. The van der Waals surface area contributed by atoms with Crippen molar-refractivity contribution >= 4 is 5.97 Å². The second-order valence-electron chi connectivity index (χ2n) is 5.50. The Morgan fingerprint density at radius 2 is 1.61 bits per heavy atom. The average Bonchev–Trinajstić information content (AvgIpc) is 3.05. The molecule has 1 N–H and O–H groups in total. The molecule has 0 bridgehead atoms. The van der Waals surface area contributed by atoms with Crippen LogP contribution in [0.3, 0.4) is 0 Å². The van der Waals surface area contributed by atoms with Crippen LogP contribution < -0.4 is 0 Å². The highest BCUT2D eigenvalue weighted by Crippen LogP contribution is 2.37. The molecule has 0 saturated heterocycles. The molecule has 0 spiro atoms. The first-order valence-corrected chi connectivity index (χ1v) is 6.39. The van der Waals surface area contributed by atoms with E-state index in [1.165, 1.54) is 4.90 Å². The van der Waals surface area contributed by atoms with E-state index in [9.17, 15) is 18.0 Å². The van der Waals surface area contributed by atoms with Gasteiger partial charge < -0.3 is 5.11 Å². The van der Waals surface area contributed by atoms with E-state index in [1.54, 1.807) is 0 Å². The zero-order valence-electron chi connectivity index (χ0n) is 10.1. The Balaban J connectivity index is 2.02. The Morgan fingerprint density at radius 1 is 1.17 bits per heavy atom. The Hall–Kier alpha value is -0.780. The molecule has 104 valence electrons. The van der Waals surface area contributed by atoms with Gasteiger partial charge in [0, 0.05) is 13.1 Å². The number of hydrogen-bond donors (Lipinski definition) is 1. The molecule has 0 aromatic heterocycles. The number of nitrogens with zero attached hydrogens (tertiary/aromatic N) is 1. The van der Waals surface area contributed by atoms with E-state index in [0.29, 0.717) is 24.9 Å². The topological polar surface area (TPSA) is 40.5 Å². The van der Waals surface area contributed by atoms with Crippen molar-refractivity contribution in [2.45, 2.75) is 44.3 Å². The molecule has 0 aliphatic heterocycles. The molecule has 2 rings (SSSR count). The summed E-state index contributed by atoms with van der Waals surface area (Å²) in [5, 5.41) is 8.67. The van der Waals surface area contributed by atoms with Crippen molar-refractivity contribution in [3.63, 3.8) is 0 Å². The van der Waals surface area contributed by atoms with E-state index in [1.807, 2.05) is 0 Å².